The summed E-state index contributed by atoms with van der Waals surface area (Å²) in [4.78, 5) is 2.39. The molecule has 0 amide bonds. The van der Waals surface area contributed by atoms with Crippen LogP contribution in [0.25, 0.3) is 0 Å². The van der Waals surface area contributed by atoms with Crippen LogP contribution in [0.1, 0.15) is 25.7 Å². The largest absolute Gasteiger partial charge is 0.369 e. The third-order valence-electron chi connectivity index (χ3n) is 3.72. The van der Waals surface area contributed by atoms with Crippen LogP contribution in [0.5, 0.6) is 0 Å². The van der Waals surface area contributed by atoms with Gasteiger partial charge >= 0.3 is 0 Å². The van der Waals surface area contributed by atoms with Crippen LogP contribution in [0, 0.1) is 9.39 Å². The summed E-state index contributed by atoms with van der Waals surface area (Å²) in [6, 6.07) is 6.47. The zero-order valence-corrected chi connectivity index (χ0v) is 12.5. The number of halogens is 2. The van der Waals surface area contributed by atoms with Gasteiger partial charge in [0.25, 0.3) is 0 Å². The third kappa shape index (κ3) is 2.96. The Bertz CT molecular complexity index is 434. The van der Waals surface area contributed by atoms with Gasteiger partial charge in [-0.15, -0.1) is 0 Å². The molecule has 18 heavy (non-hydrogen) atoms. The monoisotopic (exact) mass is 360 g/mol. The van der Waals surface area contributed by atoms with Gasteiger partial charge in [0.2, 0.25) is 0 Å². The average molecular weight is 360 g/mol. The predicted molar refractivity (Wildman–Crippen MR) is 80.5 cm³/mol. The van der Waals surface area contributed by atoms with Gasteiger partial charge in [-0.3, -0.25) is 0 Å². The minimum atomic E-state index is -0.146. The van der Waals surface area contributed by atoms with Gasteiger partial charge in [-0.25, -0.2) is 4.39 Å². The Morgan fingerprint density at radius 1 is 1.22 bits per heavy atom. The lowest BCUT2D eigenvalue weighted by Crippen LogP contribution is -2.46. The van der Waals surface area contributed by atoms with E-state index in [2.05, 4.69) is 32.8 Å². The number of hydrogen-bond acceptors (Lipinski definition) is 2. The first-order chi connectivity index (χ1) is 8.72. The highest BCUT2D eigenvalue weighted by Gasteiger charge is 2.28. The van der Waals surface area contributed by atoms with Crippen molar-refractivity contribution in [2.24, 2.45) is 0 Å². The van der Waals surface area contributed by atoms with E-state index in [0.717, 1.165) is 22.7 Å². The van der Waals surface area contributed by atoms with E-state index in [1.54, 1.807) is 12.1 Å². The molecule has 1 saturated carbocycles. The molecule has 0 spiro atoms. The van der Waals surface area contributed by atoms with Crippen LogP contribution in [-0.2, 0) is 0 Å². The minimum absolute atomic E-state index is 0.146. The maximum absolute atomic E-state index is 13.1. The Morgan fingerprint density at radius 3 is 2.78 bits per heavy atom. The normalized spacial score (nSPS) is 24.3. The minimum Gasteiger partial charge on any atom is -0.369 e. The highest BCUT2D eigenvalue weighted by Crippen LogP contribution is 2.28. The van der Waals surface area contributed by atoms with E-state index < -0.39 is 0 Å². The molecule has 0 aromatic heterocycles. The van der Waals surface area contributed by atoms with Gasteiger partial charge in [-0.2, -0.15) is 0 Å². The summed E-state index contributed by atoms with van der Waals surface area (Å²) in [6.45, 7) is 2.14. The van der Waals surface area contributed by atoms with Gasteiger partial charge in [-0.05, 0) is 66.5 Å². The number of piperidine rings is 1. The first kappa shape index (κ1) is 12.7. The summed E-state index contributed by atoms with van der Waals surface area (Å²) in [5.74, 6) is -0.146. The van der Waals surface area contributed by atoms with Crippen LogP contribution < -0.4 is 10.2 Å². The van der Waals surface area contributed by atoms with Crippen molar-refractivity contribution in [2.75, 3.05) is 18.0 Å². The molecule has 2 fully saturated rings. The van der Waals surface area contributed by atoms with Gasteiger partial charge in [0, 0.05) is 28.7 Å². The van der Waals surface area contributed by atoms with Crippen LogP contribution in [0.15, 0.2) is 18.2 Å². The molecule has 0 bridgehead atoms. The zero-order valence-electron chi connectivity index (χ0n) is 10.3. The molecule has 1 atom stereocenters. The van der Waals surface area contributed by atoms with E-state index in [-0.39, 0.29) is 5.82 Å². The molecule has 98 valence electrons. The van der Waals surface area contributed by atoms with Crippen molar-refractivity contribution in [2.45, 2.75) is 37.8 Å². The molecule has 2 aliphatic rings. The van der Waals surface area contributed by atoms with E-state index in [9.17, 15) is 4.39 Å². The molecule has 2 nitrogen and oxygen atoms in total. The summed E-state index contributed by atoms with van der Waals surface area (Å²) in [5, 5.41) is 3.71. The van der Waals surface area contributed by atoms with Crippen molar-refractivity contribution in [1.29, 1.82) is 0 Å². The van der Waals surface area contributed by atoms with Gasteiger partial charge in [-0.1, -0.05) is 0 Å². The van der Waals surface area contributed by atoms with Crippen molar-refractivity contribution in [3.8, 4) is 0 Å². The second kappa shape index (κ2) is 5.33. The first-order valence-corrected chi connectivity index (χ1v) is 7.76. The Labute approximate surface area is 121 Å². The van der Waals surface area contributed by atoms with Crippen LogP contribution in [0.2, 0.25) is 0 Å². The average Bonchev–Trinajstić information content (AvgIpc) is 3.13. The summed E-state index contributed by atoms with van der Waals surface area (Å²) < 4.78 is 14.1. The van der Waals surface area contributed by atoms with Gasteiger partial charge in [0.1, 0.15) is 5.82 Å². The molecule has 1 aliphatic carbocycles. The van der Waals surface area contributed by atoms with Gasteiger partial charge in [0.05, 0.1) is 5.69 Å². The van der Waals surface area contributed by atoms with Crippen molar-refractivity contribution in [3.05, 3.63) is 27.6 Å². The fraction of sp³-hybridized carbons (Fsp3) is 0.571. The molecular weight excluding hydrogens is 342 g/mol. The molecule has 0 radical (unpaired) electrons. The van der Waals surface area contributed by atoms with E-state index in [1.807, 2.05) is 6.07 Å². The lowest BCUT2D eigenvalue weighted by atomic mass is 10.0. The lowest BCUT2D eigenvalue weighted by Gasteiger charge is -2.35. The summed E-state index contributed by atoms with van der Waals surface area (Å²) >= 11 is 2.23. The highest BCUT2D eigenvalue weighted by molar-refractivity contribution is 14.1. The van der Waals surface area contributed by atoms with Gasteiger partial charge in [0.15, 0.2) is 0 Å². The van der Waals surface area contributed by atoms with E-state index in [0.29, 0.717) is 6.04 Å². The van der Waals surface area contributed by atoms with Crippen molar-refractivity contribution in [3.63, 3.8) is 0 Å². The van der Waals surface area contributed by atoms with Crippen molar-refractivity contribution >= 4 is 28.3 Å². The van der Waals surface area contributed by atoms with E-state index in [1.165, 1.54) is 31.4 Å². The molecule has 1 N–H and O–H groups in total. The van der Waals surface area contributed by atoms with Crippen molar-refractivity contribution < 1.29 is 4.39 Å². The van der Waals surface area contributed by atoms with E-state index in [4.69, 9.17) is 0 Å². The number of rotatable bonds is 3. The van der Waals surface area contributed by atoms with Crippen molar-refractivity contribution in [1.82, 2.24) is 5.32 Å². The fourth-order valence-corrected chi connectivity index (χ4v) is 3.47. The molecular formula is C14H18FIN2. The molecule has 1 heterocycles. The number of nitrogens with one attached hydrogen (secondary N) is 1. The highest BCUT2D eigenvalue weighted by atomic mass is 127. The molecule has 3 rings (SSSR count). The molecule has 1 aliphatic heterocycles. The molecule has 4 heteroatoms. The number of hydrogen-bond donors (Lipinski definition) is 1. The molecule has 1 aromatic rings. The smallest absolute Gasteiger partial charge is 0.124 e. The quantitative estimate of drug-likeness (QED) is 0.834. The maximum atomic E-state index is 13.1. The Morgan fingerprint density at radius 2 is 2.06 bits per heavy atom. The number of nitrogens with zero attached hydrogens (tertiary/aromatic N) is 1. The summed E-state index contributed by atoms with van der Waals surface area (Å²) in [7, 11) is 0. The third-order valence-corrected chi connectivity index (χ3v) is 4.58. The number of benzene rings is 1. The zero-order chi connectivity index (χ0) is 12.5. The van der Waals surface area contributed by atoms with Crippen LogP contribution >= 0.6 is 22.6 Å². The lowest BCUT2D eigenvalue weighted by molar-refractivity contribution is 0.420. The maximum Gasteiger partial charge on any atom is 0.124 e. The van der Waals surface area contributed by atoms with Crippen LogP contribution in [-0.4, -0.2) is 25.2 Å². The Balaban J connectivity index is 1.70. The SMILES string of the molecule is Fc1ccc(N2CCCC(NC3CC3)C2)c(I)c1. The molecule has 1 unspecified atom stereocenters. The second-order valence-electron chi connectivity index (χ2n) is 5.32. The first-order valence-electron chi connectivity index (χ1n) is 6.68. The van der Waals surface area contributed by atoms with E-state index >= 15 is 0 Å². The standard InChI is InChI=1S/C14H18FIN2/c15-10-3-6-14(13(16)8-10)18-7-1-2-12(9-18)17-11-4-5-11/h3,6,8,11-12,17H,1-2,4-5,7,9H2. The van der Waals surface area contributed by atoms with Crippen LogP contribution in [0.3, 0.4) is 0 Å². The topological polar surface area (TPSA) is 15.3 Å². The molecule has 1 saturated heterocycles. The summed E-state index contributed by atoms with van der Waals surface area (Å²) in [5.41, 5.74) is 1.18. The Hall–Kier alpha value is -0.360. The molecule has 1 aromatic carbocycles. The van der Waals surface area contributed by atoms with Gasteiger partial charge < -0.3 is 10.2 Å². The number of anilines is 1. The van der Waals surface area contributed by atoms with Crippen LogP contribution in [0.4, 0.5) is 10.1 Å². The second-order valence-corrected chi connectivity index (χ2v) is 6.48. The summed E-state index contributed by atoms with van der Waals surface area (Å²) in [6.07, 6.45) is 5.16. The predicted octanol–water partition coefficient (Wildman–Crippen LogP) is 3.15. The fourth-order valence-electron chi connectivity index (χ4n) is 2.65. The Kier molecular flexibility index (Phi) is 3.75.